The van der Waals surface area contributed by atoms with E-state index in [4.69, 9.17) is 28.9 Å². The number of hydrogen-bond donors (Lipinski definition) is 2. The summed E-state index contributed by atoms with van der Waals surface area (Å²) in [6, 6.07) is 5.66. The first-order valence-corrected chi connectivity index (χ1v) is 7.83. The van der Waals surface area contributed by atoms with Gasteiger partial charge in [-0.1, -0.05) is 48.9 Å². The molecule has 3 N–H and O–H groups in total. The summed E-state index contributed by atoms with van der Waals surface area (Å²) in [7, 11) is 0. The maximum absolute atomic E-state index is 5.95. The number of hydrogen-bond acceptors (Lipinski definition) is 2. The van der Waals surface area contributed by atoms with E-state index in [0.717, 1.165) is 31.6 Å². The van der Waals surface area contributed by atoms with Crippen LogP contribution >= 0.6 is 23.2 Å². The Morgan fingerprint density at radius 3 is 2.05 bits per heavy atom. The third kappa shape index (κ3) is 8.48. The molecule has 0 saturated carbocycles. The molecule has 19 heavy (non-hydrogen) atoms. The molecule has 0 aliphatic carbocycles. The highest BCUT2D eigenvalue weighted by Gasteiger charge is 1.98. The van der Waals surface area contributed by atoms with Crippen LogP contribution in [0, 0.1) is 0 Å². The number of unbranched alkanes of at least 4 members (excludes halogenated alkanes) is 5. The van der Waals surface area contributed by atoms with Crippen molar-refractivity contribution in [2.24, 2.45) is 5.73 Å². The van der Waals surface area contributed by atoms with Crippen molar-refractivity contribution >= 4 is 23.2 Å². The second-order valence-corrected chi connectivity index (χ2v) is 5.74. The van der Waals surface area contributed by atoms with Crippen molar-refractivity contribution in [3.8, 4) is 0 Å². The van der Waals surface area contributed by atoms with Crippen LogP contribution in [0.2, 0.25) is 10.0 Å². The van der Waals surface area contributed by atoms with Gasteiger partial charge in [0.05, 0.1) is 0 Å². The van der Waals surface area contributed by atoms with Gasteiger partial charge in [-0.3, -0.25) is 0 Å². The number of rotatable bonds is 10. The van der Waals surface area contributed by atoms with Gasteiger partial charge in [-0.25, -0.2) is 0 Å². The van der Waals surface area contributed by atoms with Gasteiger partial charge in [-0.15, -0.1) is 0 Å². The fraction of sp³-hybridized carbons (Fsp3) is 0.600. The summed E-state index contributed by atoms with van der Waals surface area (Å²) < 4.78 is 0. The summed E-state index contributed by atoms with van der Waals surface area (Å²) in [6.07, 6.45) is 7.55. The molecule has 0 radical (unpaired) electrons. The van der Waals surface area contributed by atoms with Crippen LogP contribution in [0.4, 0.5) is 0 Å². The average molecular weight is 303 g/mol. The molecule has 0 atom stereocenters. The normalized spacial score (nSPS) is 10.9. The largest absolute Gasteiger partial charge is 0.330 e. The highest BCUT2D eigenvalue weighted by atomic mass is 35.5. The maximum Gasteiger partial charge on any atom is 0.0424 e. The van der Waals surface area contributed by atoms with Crippen molar-refractivity contribution in [1.82, 2.24) is 5.32 Å². The van der Waals surface area contributed by atoms with Crippen molar-refractivity contribution < 1.29 is 0 Å². The van der Waals surface area contributed by atoms with Crippen molar-refractivity contribution in [1.29, 1.82) is 0 Å². The summed E-state index contributed by atoms with van der Waals surface area (Å²) in [4.78, 5) is 0. The SMILES string of the molecule is NCCCCCCCCNCc1cc(Cl)cc(Cl)c1. The van der Waals surface area contributed by atoms with Crippen molar-refractivity contribution in [3.63, 3.8) is 0 Å². The Bertz CT molecular complexity index is 336. The van der Waals surface area contributed by atoms with E-state index < -0.39 is 0 Å². The molecule has 2 nitrogen and oxygen atoms in total. The standard InChI is InChI=1S/C15H24Cl2N2/c16-14-9-13(10-15(17)11-14)12-19-8-6-4-2-1-3-5-7-18/h9-11,19H,1-8,12,18H2. The van der Waals surface area contributed by atoms with E-state index in [-0.39, 0.29) is 0 Å². The zero-order valence-electron chi connectivity index (χ0n) is 11.4. The van der Waals surface area contributed by atoms with Crippen LogP contribution in [0.5, 0.6) is 0 Å². The second-order valence-electron chi connectivity index (χ2n) is 4.86. The van der Waals surface area contributed by atoms with Crippen LogP contribution in [-0.2, 0) is 6.54 Å². The van der Waals surface area contributed by atoms with Gasteiger partial charge in [0.1, 0.15) is 0 Å². The Morgan fingerprint density at radius 2 is 1.42 bits per heavy atom. The van der Waals surface area contributed by atoms with Gasteiger partial charge in [0, 0.05) is 16.6 Å². The van der Waals surface area contributed by atoms with Crippen LogP contribution in [0.3, 0.4) is 0 Å². The molecule has 0 fully saturated rings. The Balaban J connectivity index is 2.01. The lowest BCUT2D eigenvalue weighted by Crippen LogP contribution is -2.14. The van der Waals surface area contributed by atoms with Crippen LogP contribution in [0.25, 0.3) is 0 Å². The fourth-order valence-corrected chi connectivity index (χ4v) is 2.62. The molecule has 0 aliphatic rings. The van der Waals surface area contributed by atoms with Crippen molar-refractivity contribution in [3.05, 3.63) is 33.8 Å². The van der Waals surface area contributed by atoms with E-state index in [1.54, 1.807) is 6.07 Å². The molecule has 4 heteroatoms. The minimum absolute atomic E-state index is 0.698. The Kier molecular flexibility index (Phi) is 9.27. The van der Waals surface area contributed by atoms with Gasteiger partial charge in [-0.2, -0.15) is 0 Å². The van der Waals surface area contributed by atoms with E-state index in [9.17, 15) is 0 Å². The number of halogens is 2. The topological polar surface area (TPSA) is 38.0 Å². The molecule has 1 aromatic carbocycles. The average Bonchev–Trinajstić information content (AvgIpc) is 2.36. The summed E-state index contributed by atoms with van der Waals surface area (Å²) in [5.41, 5.74) is 6.60. The third-order valence-electron chi connectivity index (χ3n) is 3.06. The Hall–Kier alpha value is -0.280. The minimum atomic E-state index is 0.698. The molecule has 0 spiro atoms. The quantitative estimate of drug-likeness (QED) is 0.629. The van der Waals surface area contributed by atoms with Gasteiger partial charge >= 0.3 is 0 Å². The minimum Gasteiger partial charge on any atom is -0.330 e. The number of nitrogens with one attached hydrogen (secondary N) is 1. The molecule has 0 aliphatic heterocycles. The van der Waals surface area contributed by atoms with Crippen LogP contribution in [0.1, 0.15) is 44.1 Å². The smallest absolute Gasteiger partial charge is 0.0424 e. The molecule has 1 rings (SSSR count). The first-order valence-electron chi connectivity index (χ1n) is 7.08. The van der Waals surface area contributed by atoms with E-state index in [1.807, 2.05) is 12.1 Å². The lowest BCUT2D eigenvalue weighted by atomic mass is 10.1. The van der Waals surface area contributed by atoms with Crippen molar-refractivity contribution in [2.45, 2.75) is 45.1 Å². The summed E-state index contributed by atoms with van der Waals surface area (Å²) in [6.45, 7) is 2.69. The molecule has 0 heterocycles. The molecule has 0 unspecified atom stereocenters. The molecular weight excluding hydrogens is 279 g/mol. The summed E-state index contributed by atoms with van der Waals surface area (Å²) >= 11 is 11.9. The van der Waals surface area contributed by atoms with E-state index in [1.165, 1.54) is 32.1 Å². The summed E-state index contributed by atoms with van der Waals surface area (Å²) in [5, 5.41) is 4.82. The predicted octanol–water partition coefficient (Wildman–Crippen LogP) is 4.38. The molecule has 0 saturated heterocycles. The third-order valence-corrected chi connectivity index (χ3v) is 3.50. The van der Waals surface area contributed by atoms with E-state index >= 15 is 0 Å². The molecule has 0 bridgehead atoms. The zero-order chi connectivity index (χ0) is 13.9. The van der Waals surface area contributed by atoms with Crippen LogP contribution in [0.15, 0.2) is 18.2 Å². The number of nitrogens with two attached hydrogens (primary N) is 1. The molecule has 0 aromatic heterocycles. The van der Waals surface area contributed by atoms with Gasteiger partial charge in [-0.05, 0) is 49.7 Å². The Labute approximate surface area is 126 Å². The number of benzene rings is 1. The van der Waals surface area contributed by atoms with E-state index in [2.05, 4.69) is 5.32 Å². The molecule has 0 amide bonds. The lowest BCUT2D eigenvalue weighted by molar-refractivity contribution is 0.567. The fourth-order valence-electron chi connectivity index (χ4n) is 2.05. The molecule has 1 aromatic rings. The highest BCUT2D eigenvalue weighted by molar-refractivity contribution is 6.34. The first kappa shape index (κ1) is 16.8. The lowest BCUT2D eigenvalue weighted by Gasteiger charge is -2.06. The Morgan fingerprint density at radius 1 is 0.842 bits per heavy atom. The van der Waals surface area contributed by atoms with Gasteiger partial charge in [0.25, 0.3) is 0 Å². The predicted molar refractivity (Wildman–Crippen MR) is 84.9 cm³/mol. The second kappa shape index (κ2) is 10.5. The maximum atomic E-state index is 5.95. The van der Waals surface area contributed by atoms with Crippen molar-refractivity contribution in [2.75, 3.05) is 13.1 Å². The first-order chi connectivity index (χ1) is 9.22. The van der Waals surface area contributed by atoms with Crippen LogP contribution < -0.4 is 11.1 Å². The van der Waals surface area contributed by atoms with Crippen LogP contribution in [-0.4, -0.2) is 13.1 Å². The monoisotopic (exact) mass is 302 g/mol. The van der Waals surface area contributed by atoms with E-state index in [0.29, 0.717) is 10.0 Å². The molecular formula is C15H24Cl2N2. The zero-order valence-corrected chi connectivity index (χ0v) is 12.9. The van der Waals surface area contributed by atoms with Gasteiger partial charge in [0.15, 0.2) is 0 Å². The summed E-state index contributed by atoms with van der Waals surface area (Å²) in [5.74, 6) is 0. The van der Waals surface area contributed by atoms with Gasteiger partial charge in [0.2, 0.25) is 0 Å². The highest BCUT2D eigenvalue weighted by Crippen LogP contribution is 2.18. The van der Waals surface area contributed by atoms with Gasteiger partial charge < -0.3 is 11.1 Å². The molecule has 108 valence electrons.